The minimum atomic E-state index is -3.68. The lowest BCUT2D eigenvalue weighted by Crippen LogP contribution is -2.25. The van der Waals surface area contributed by atoms with Gasteiger partial charge in [-0.05, 0) is 31.0 Å². The summed E-state index contributed by atoms with van der Waals surface area (Å²) >= 11 is 0. The van der Waals surface area contributed by atoms with Crippen LogP contribution >= 0.6 is 0 Å². The van der Waals surface area contributed by atoms with E-state index in [2.05, 4.69) is 4.72 Å². The summed E-state index contributed by atoms with van der Waals surface area (Å²) in [5.74, 6) is -0.563. The van der Waals surface area contributed by atoms with Gasteiger partial charge >= 0.3 is 0 Å². The molecule has 0 heterocycles. The van der Waals surface area contributed by atoms with Crippen molar-refractivity contribution >= 4 is 15.7 Å². The second kappa shape index (κ2) is 6.67. The molecule has 1 aromatic rings. The van der Waals surface area contributed by atoms with Gasteiger partial charge in [-0.25, -0.2) is 17.5 Å². The van der Waals surface area contributed by atoms with E-state index in [9.17, 15) is 12.8 Å². The first-order valence-electron chi connectivity index (χ1n) is 5.51. The number of rotatable bonds is 7. The van der Waals surface area contributed by atoms with Gasteiger partial charge in [-0.15, -0.1) is 0 Å². The molecule has 0 aliphatic carbocycles. The lowest BCUT2D eigenvalue weighted by atomic mass is 10.3. The summed E-state index contributed by atoms with van der Waals surface area (Å²) in [7, 11) is -2.09. The smallest absolute Gasteiger partial charge is 0.242 e. The number of anilines is 1. The Kier molecular flexibility index (Phi) is 5.52. The van der Waals surface area contributed by atoms with Crippen LogP contribution in [0.1, 0.15) is 12.8 Å². The lowest BCUT2D eigenvalue weighted by Gasteiger charge is -2.08. The molecule has 18 heavy (non-hydrogen) atoms. The number of ether oxygens (including phenoxy) is 1. The van der Waals surface area contributed by atoms with E-state index in [0.29, 0.717) is 19.6 Å². The molecule has 0 atom stereocenters. The molecule has 1 rings (SSSR count). The molecule has 0 aliphatic rings. The Balaban J connectivity index is 2.63. The van der Waals surface area contributed by atoms with Crippen LogP contribution in [-0.2, 0) is 14.8 Å². The second-order valence-electron chi connectivity index (χ2n) is 3.78. The van der Waals surface area contributed by atoms with E-state index in [-0.39, 0.29) is 10.6 Å². The summed E-state index contributed by atoms with van der Waals surface area (Å²) in [6.07, 6.45) is 1.42. The highest BCUT2D eigenvalue weighted by Crippen LogP contribution is 2.18. The van der Waals surface area contributed by atoms with Crippen molar-refractivity contribution in [1.82, 2.24) is 4.72 Å². The molecular formula is C11H17FN2O3S. The van der Waals surface area contributed by atoms with Crippen molar-refractivity contribution in [2.45, 2.75) is 17.7 Å². The number of benzene rings is 1. The van der Waals surface area contributed by atoms with Crippen LogP contribution in [0.4, 0.5) is 10.1 Å². The lowest BCUT2D eigenvalue weighted by molar-refractivity contribution is 0.193. The first kappa shape index (κ1) is 14.9. The molecule has 0 unspecified atom stereocenters. The van der Waals surface area contributed by atoms with Gasteiger partial charge in [0.1, 0.15) is 10.7 Å². The highest BCUT2D eigenvalue weighted by Gasteiger charge is 2.16. The first-order chi connectivity index (χ1) is 8.47. The number of unbranched alkanes of at least 4 members (excludes halogenated alkanes) is 1. The van der Waals surface area contributed by atoms with E-state index in [4.69, 9.17) is 10.5 Å². The number of nitrogens with two attached hydrogens (primary N) is 1. The van der Waals surface area contributed by atoms with E-state index in [1.165, 1.54) is 0 Å². The van der Waals surface area contributed by atoms with Crippen molar-refractivity contribution in [3.8, 4) is 0 Å². The Labute approximate surface area is 106 Å². The molecule has 3 N–H and O–H groups in total. The summed E-state index contributed by atoms with van der Waals surface area (Å²) in [6, 6.07) is 3.21. The highest BCUT2D eigenvalue weighted by atomic mass is 32.2. The van der Waals surface area contributed by atoms with Gasteiger partial charge in [0.05, 0.1) is 5.69 Å². The van der Waals surface area contributed by atoms with Crippen molar-refractivity contribution in [2.24, 2.45) is 0 Å². The Hall–Kier alpha value is -1.18. The predicted molar refractivity (Wildman–Crippen MR) is 67.1 cm³/mol. The molecule has 0 fully saturated rings. The summed E-state index contributed by atoms with van der Waals surface area (Å²) in [5.41, 5.74) is 5.38. The van der Waals surface area contributed by atoms with Gasteiger partial charge in [0, 0.05) is 20.3 Å². The van der Waals surface area contributed by atoms with Gasteiger partial charge in [-0.1, -0.05) is 0 Å². The van der Waals surface area contributed by atoms with Crippen molar-refractivity contribution in [1.29, 1.82) is 0 Å². The van der Waals surface area contributed by atoms with Crippen molar-refractivity contribution in [2.75, 3.05) is 26.0 Å². The zero-order chi connectivity index (χ0) is 13.6. The van der Waals surface area contributed by atoms with Crippen molar-refractivity contribution < 1.29 is 17.5 Å². The number of nitrogen functional groups attached to an aromatic ring is 1. The maximum atomic E-state index is 12.8. The van der Waals surface area contributed by atoms with E-state index in [0.717, 1.165) is 24.6 Å². The van der Waals surface area contributed by atoms with Crippen LogP contribution in [0.15, 0.2) is 23.1 Å². The molecule has 0 saturated carbocycles. The fourth-order valence-electron chi connectivity index (χ4n) is 1.42. The number of sulfonamides is 1. The quantitative estimate of drug-likeness (QED) is 0.577. The third kappa shape index (κ3) is 4.25. The zero-order valence-electron chi connectivity index (χ0n) is 10.1. The van der Waals surface area contributed by atoms with Gasteiger partial charge in [-0.3, -0.25) is 0 Å². The minimum Gasteiger partial charge on any atom is -0.398 e. The number of hydrogen-bond acceptors (Lipinski definition) is 4. The molecule has 1 aromatic carbocycles. The van der Waals surface area contributed by atoms with Crippen LogP contribution < -0.4 is 10.5 Å². The summed E-state index contributed by atoms with van der Waals surface area (Å²) in [4.78, 5) is -0.101. The monoisotopic (exact) mass is 276 g/mol. The molecule has 0 spiro atoms. The average Bonchev–Trinajstić information content (AvgIpc) is 2.28. The number of halogens is 1. The molecule has 0 saturated heterocycles. The first-order valence-corrected chi connectivity index (χ1v) is 6.99. The van der Waals surface area contributed by atoms with Crippen LogP contribution in [-0.4, -0.2) is 28.7 Å². The fraction of sp³-hybridized carbons (Fsp3) is 0.455. The minimum absolute atomic E-state index is 0.0978. The van der Waals surface area contributed by atoms with Gasteiger partial charge in [0.25, 0.3) is 0 Å². The molecule has 0 bridgehead atoms. The van der Waals surface area contributed by atoms with E-state index in [1.807, 2.05) is 0 Å². The Morgan fingerprint density at radius 2 is 2.11 bits per heavy atom. The molecule has 0 radical (unpaired) electrons. The van der Waals surface area contributed by atoms with Gasteiger partial charge in [0.2, 0.25) is 10.0 Å². The van der Waals surface area contributed by atoms with Gasteiger partial charge in [-0.2, -0.15) is 0 Å². The standard InChI is InChI=1S/C11H17FN2O3S/c1-17-7-3-2-6-14-18(15,16)11-5-4-9(12)8-10(11)13/h4-5,8,14H,2-3,6-7,13H2,1H3. The topological polar surface area (TPSA) is 81.4 Å². The molecule has 0 amide bonds. The van der Waals surface area contributed by atoms with Crippen LogP contribution in [0.5, 0.6) is 0 Å². The Morgan fingerprint density at radius 3 is 2.72 bits per heavy atom. The zero-order valence-corrected chi connectivity index (χ0v) is 11.0. The SMILES string of the molecule is COCCCCNS(=O)(=O)c1ccc(F)cc1N. The normalized spacial score (nSPS) is 11.7. The van der Waals surface area contributed by atoms with Gasteiger partial charge < -0.3 is 10.5 Å². The number of hydrogen-bond donors (Lipinski definition) is 2. The third-order valence-electron chi connectivity index (χ3n) is 2.33. The predicted octanol–water partition coefficient (Wildman–Crippen LogP) is 1.11. The van der Waals surface area contributed by atoms with Crippen molar-refractivity contribution in [3.63, 3.8) is 0 Å². The molecule has 0 aromatic heterocycles. The molecule has 102 valence electrons. The van der Waals surface area contributed by atoms with Crippen molar-refractivity contribution in [3.05, 3.63) is 24.0 Å². The molecular weight excluding hydrogens is 259 g/mol. The average molecular weight is 276 g/mol. The maximum absolute atomic E-state index is 12.8. The molecule has 0 aliphatic heterocycles. The third-order valence-corrected chi connectivity index (χ3v) is 3.86. The van der Waals surface area contributed by atoms with E-state index in [1.54, 1.807) is 7.11 Å². The van der Waals surface area contributed by atoms with E-state index >= 15 is 0 Å². The molecule has 7 heteroatoms. The van der Waals surface area contributed by atoms with Crippen LogP contribution in [0.25, 0.3) is 0 Å². The number of nitrogens with one attached hydrogen (secondary N) is 1. The number of methoxy groups -OCH3 is 1. The maximum Gasteiger partial charge on any atom is 0.242 e. The summed E-state index contributed by atoms with van der Waals surface area (Å²) < 4.78 is 43.8. The summed E-state index contributed by atoms with van der Waals surface area (Å²) in [5, 5.41) is 0. The van der Waals surface area contributed by atoms with Crippen LogP contribution in [0, 0.1) is 5.82 Å². The fourth-order valence-corrected chi connectivity index (χ4v) is 2.60. The second-order valence-corrected chi connectivity index (χ2v) is 5.52. The Bertz CT molecular complexity index is 491. The summed E-state index contributed by atoms with van der Waals surface area (Å²) in [6.45, 7) is 0.878. The van der Waals surface area contributed by atoms with E-state index < -0.39 is 15.8 Å². The molecule has 5 nitrogen and oxygen atoms in total. The Morgan fingerprint density at radius 1 is 1.39 bits per heavy atom. The van der Waals surface area contributed by atoms with Crippen LogP contribution in [0.2, 0.25) is 0 Å². The van der Waals surface area contributed by atoms with Gasteiger partial charge in [0.15, 0.2) is 0 Å². The highest BCUT2D eigenvalue weighted by molar-refractivity contribution is 7.89. The largest absolute Gasteiger partial charge is 0.398 e. The van der Waals surface area contributed by atoms with Crippen LogP contribution in [0.3, 0.4) is 0 Å².